The Kier molecular flexibility index (Phi) is 4.05. The lowest BCUT2D eigenvalue weighted by Gasteiger charge is -2.24. The number of anilines is 2. The van der Waals surface area contributed by atoms with Gasteiger partial charge in [-0.2, -0.15) is 0 Å². The number of hydrogen-bond acceptors (Lipinski definition) is 2. The molecule has 1 heterocycles. The average Bonchev–Trinajstić information content (AvgIpc) is 2.45. The van der Waals surface area contributed by atoms with Crippen LogP contribution in [-0.4, -0.2) is 11.8 Å². The first-order chi connectivity index (χ1) is 10.5. The molecule has 4 nitrogen and oxygen atoms in total. The molecule has 112 valence electrons. The maximum Gasteiger partial charge on any atom is 0.232 e. The summed E-state index contributed by atoms with van der Waals surface area (Å²) in [5.41, 5.74) is 1.97. The number of fused-ring (bicyclic) bond motifs is 1. The average molecular weight is 335 g/mol. The molecule has 0 saturated carbocycles. The lowest BCUT2D eigenvalue weighted by atomic mass is 9.90. The summed E-state index contributed by atoms with van der Waals surface area (Å²) >= 11 is 11.8. The summed E-state index contributed by atoms with van der Waals surface area (Å²) in [4.78, 5) is 24.3. The predicted molar refractivity (Wildman–Crippen MR) is 87.5 cm³/mol. The highest BCUT2D eigenvalue weighted by molar-refractivity contribution is 6.35. The Morgan fingerprint density at radius 3 is 2.55 bits per heavy atom. The lowest BCUT2D eigenvalue weighted by Crippen LogP contribution is -2.30. The van der Waals surface area contributed by atoms with Gasteiger partial charge < -0.3 is 10.6 Å². The number of rotatable bonds is 2. The van der Waals surface area contributed by atoms with Gasteiger partial charge in [0, 0.05) is 27.8 Å². The molecular formula is C16H12Cl2N2O2. The van der Waals surface area contributed by atoms with Crippen LogP contribution in [0, 0.1) is 0 Å². The van der Waals surface area contributed by atoms with Crippen LogP contribution in [0.5, 0.6) is 0 Å². The summed E-state index contributed by atoms with van der Waals surface area (Å²) in [5.74, 6) is -0.980. The molecule has 2 amide bonds. The number of benzene rings is 2. The minimum atomic E-state index is -0.539. The van der Waals surface area contributed by atoms with E-state index in [-0.39, 0.29) is 18.2 Å². The summed E-state index contributed by atoms with van der Waals surface area (Å²) in [6.45, 7) is 0. The third-order valence-electron chi connectivity index (χ3n) is 3.45. The van der Waals surface area contributed by atoms with Gasteiger partial charge in [-0.15, -0.1) is 0 Å². The molecule has 2 N–H and O–H groups in total. The molecule has 0 spiro atoms. The summed E-state index contributed by atoms with van der Waals surface area (Å²) in [7, 11) is 0. The number of carbonyl (C=O) groups excluding carboxylic acids is 2. The zero-order valence-electron chi connectivity index (χ0n) is 11.4. The molecule has 2 aromatic rings. The molecule has 6 heteroatoms. The van der Waals surface area contributed by atoms with Crippen molar-refractivity contribution in [3.63, 3.8) is 0 Å². The van der Waals surface area contributed by atoms with E-state index < -0.39 is 5.92 Å². The number of halogens is 2. The fourth-order valence-corrected chi connectivity index (χ4v) is 3.03. The molecule has 1 aliphatic heterocycles. The molecule has 1 aliphatic rings. The third-order valence-corrected chi connectivity index (χ3v) is 3.88. The summed E-state index contributed by atoms with van der Waals surface area (Å²) in [5, 5.41) is 6.40. The van der Waals surface area contributed by atoms with Crippen LogP contribution >= 0.6 is 23.2 Å². The predicted octanol–water partition coefficient (Wildman–Crippen LogP) is 4.06. The molecule has 0 radical (unpaired) electrons. The van der Waals surface area contributed by atoms with Crippen LogP contribution < -0.4 is 10.6 Å². The number of hydrogen-bond donors (Lipinski definition) is 2. The zero-order valence-corrected chi connectivity index (χ0v) is 12.9. The Labute approximate surface area is 137 Å². The van der Waals surface area contributed by atoms with Crippen molar-refractivity contribution in [2.45, 2.75) is 12.3 Å². The molecule has 0 unspecified atom stereocenters. The van der Waals surface area contributed by atoms with Gasteiger partial charge in [-0.1, -0.05) is 41.4 Å². The van der Waals surface area contributed by atoms with E-state index in [2.05, 4.69) is 10.6 Å². The Hall–Kier alpha value is -2.04. The quantitative estimate of drug-likeness (QED) is 0.870. The topological polar surface area (TPSA) is 58.2 Å². The number of amides is 2. The van der Waals surface area contributed by atoms with E-state index in [1.807, 2.05) is 18.2 Å². The largest absolute Gasteiger partial charge is 0.326 e. The Balaban J connectivity index is 1.87. The molecule has 1 atom stereocenters. The van der Waals surface area contributed by atoms with E-state index >= 15 is 0 Å². The standard InChI is InChI=1S/C16H12Cl2N2O2/c17-9-5-10(18)7-11(6-9)19-16(22)13-8-15(21)20-14-4-2-1-3-12(13)14/h1-7,13H,8H2,(H,19,22)(H,20,21)/t13-/m1/s1. The van der Waals surface area contributed by atoms with Crippen LogP contribution in [0.3, 0.4) is 0 Å². The van der Waals surface area contributed by atoms with Gasteiger partial charge in [-0.25, -0.2) is 0 Å². The van der Waals surface area contributed by atoms with Gasteiger partial charge in [0.25, 0.3) is 0 Å². The van der Waals surface area contributed by atoms with E-state index in [0.29, 0.717) is 21.4 Å². The molecule has 0 bridgehead atoms. The monoisotopic (exact) mass is 334 g/mol. The van der Waals surface area contributed by atoms with Crippen LogP contribution in [0.15, 0.2) is 42.5 Å². The Bertz CT molecular complexity index is 741. The van der Waals surface area contributed by atoms with Crippen molar-refractivity contribution >= 4 is 46.4 Å². The van der Waals surface area contributed by atoms with Crippen LogP contribution in [-0.2, 0) is 9.59 Å². The van der Waals surface area contributed by atoms with E-state index in [1.165, 1.54) is 0 Å². The SMILES string of the molecule is O=C1C[C@@H](C(=O)Nc2cc(Cl)cc(Cl)c2)c2ccccc2N1. The number of para-hydroxylation sites is 1. The van der Waals surface area contributed by atoms with Crippen molar-refractivity contribution in [1.82, 2.24) is 0 Å². The Morgan fingerprint density at radius 2 is 1.82 bits per heavy atom. The summed E-state index contributed by atoms with van der Waals surface area (Å²) < 4.78 is 0. The molecule has 0 aromatic heterocycles. The van der Waals surface area contributed by atoms with Gasteiger partial charge >= 0.3 is 0 Å². The van der Waals surface area contributed by atoms with Crippen molar-refractivity contribution in [3.8, 4) is 0 Å². The van der Waals surface area contributed by atoms with E-state index in [1.54, 1.807) is 24.3 Å². The highest BCUT2D eigenvalue weighted by Crippen LogP contribution is 2.33. The van der Waals surface area contributed by atoms with E-state index in [4.69, 9.17) is 23.2 Å². The first-order valence-electron chi connectivity index (χ1n) is 6.68. The van der Waals surface area contributed by atoms with E-state index in [9.17, 15) is 9.59 Å². The zero-order chi connectivity index (χ0) is 15.7. The smallest absolute Gasteiger partial charge is 0.232 e. The van der Waals surface area contributed by atoms with Crippen molar-refractivity contribution in [2.24, 2.45) is 0 Å². The van der Waals surface area contributed by atoms with Gasteiger partial charge in [0.2, 0.25) is 11.8 Å². The van der Waals surface area contributed by atoms with Crippen LogP contribution in [0.2, 0.25) is 10.0 Å². The second-order valence-electron chi connectivity index (χ2n) is 5.04. The van der Waals surface area contributed by atoms with Gasteiger partial charge in [0.05, 0.1) is 5.92 Å². The molecule has 22 heavy (non-hydrogen) atoms. The number of carbonyl (C=O) groups is 2. The molecule has 3 rings (SSSR count). The molecule has 0 fully saturated rings. The normalized spacial score (nSPS) is 16.6. The second kappa shape index (κ2) is 5.99. The van der Waals surface area contributed by atoms with Gasteiger partial charge in [-0.3, -0.25) is 9.59 Å². The summed E-state index contributed by atoms with van der Waals surface area (Å²) in [6.07, 6.45) is 0.108. The minimum absolute atomic E-state index is 0.108. The first kappa shape index (κ1) is 14.9. The minimum Gasteiger partial charge on any atom is -0.326 e. The molecule has 2 aromatic carbocycles. The maximum atomic E-state index is 12.5. The van der Waals surface area contributed by atoms with Gasteiger partial charge in [0.1, 0.15) is 0 Å². The van der Waals surface area contributed by atoms with E-state index in [0.717, 1.165) is 5.56 Å². The molecule has 0 aliphatic carbocycles. The first-order valence-corrected chi connectivity index (χ1v) is 7.44. The Morgan fingerprint density at radius 1 is 1.14 bits per heavy atom. The molecular weight excluding hydrogens is 323 g/mol. The fraction of sp³-hybridized carbons (Fsp3) is 0.125. The second-order valence-corrected chi connectivity index (χ2v) is 5.91. The lowest BCUT2D eigenvalue weighted by molar-refractivity contribution is -0.123. The fourth-order valence-electron chi connectivity index (χ4n) is 2.50. The van der Waals surface area contributed by atoms with Crippen molar-refractivity contribution in [3.05, 3.63) is 58.1 Å². The van der Waals surface area contributed by atoms with Crippen LogP contribution in [0.1, 0.15) is 17.9 Å². The highest BCUT2D eigenvalue weighted by atomic mass is 35.5. The van der Waals surface area contributed by atoms with Crippen LogP contribution in [0.4, 0.5) is 11.4 Å². The van der Waals surface area contributed by atoms with Crippen molar-refractivity contribution in [1.29, 1.82) is 0 Å². The van der Waals surface area contributed by atoms with Gasteiger partial charge in [-0.05, 0) is 29.8 Å². The number of nitrogens with one attached hydrogen (secondary N) is 2. The third kappa shape index (κ3) is 3.08. The van der Waals surface area contributed by atoms with Crippen molar-refractivity contribution in [2.75, 3.05) is 10.6 Å². The van der Waals surface area contributed by atoms with Gasteiger partial charge in [0.15, 0.2) is 0 Å². The maximum absolute atomic E-state index is 12.5. The molecule has 0 saturated heterocycles. The highest BCUT2D eigenvalue weighted by Gasteiger charge is 2.30. The summed E-state index contributed by atoms with van der Waals surface area (Å²) in [6, 6.07) is 12.1. The van der Waals surface area contributed by atoms with Crippen LogP contribution in [0.25, 0.3) is 0 Å². The van der Waals surface area contributed by atoms with Crippen molar-refractivity contribution < 1.29 is 9.59 Å².